The van der Waals surface area contributed by atoms with Gasteiger partial charge in [-0.2, -0.15) is 0 Å². The second-order valence-corrected chi connectivity index (χ2v) is 7.61. The molecule has 0 saturated carbocycles. The van der Waals surface area contributed by atoms with E-state index in [9.17, 15) is 29.7 Å². The molecule has 0 saturated heterocycles. The number of carboxylic acids is 3. The first-order valence-corrected chi connectivity index (χ1v) is 6.47. The molecular weight excluding hydrogens is 415 g/mol. The molecule has 0 aliphatic rings. The van der Waals surface area contributed by atoms with Crippen molar-refractivity contribution >= 4 is 17.9 Å². The fourth-order valence-electron chi connectivity index (χ4n) is 0. The number of rotatable bonds is 0. The van der Waals surface area contributed by atoms with E-state index < -0.39 is 34.2 Å². The van der Waals surface area contributed by atoms with E-state index in [0.29, 0.717) is 0 Å². The summed E-state index contributed by atoms with van der Waals surface area (Å²) in [7, 11) is 0. The van der Waals surface area contributed by atoms with Gasteiger partial charge in [0, 0.05) is 34.2 Å². The minimum absolute atomic E-state index is 0. The Bertz CT molecular complexity index is 299. The number of carboxylic acid groups (broad SMARTS) is 3. The molecule has 0 rings (SSSR count). The van der Waals surface area contributed by atoms with E-state index in [1.54, 1.807) is 62.3 Å². The third-order valence-electron chi connectivity index (χ3n) is 1.84. The van der Waals surface area contributed by atoms with Gasteiger partial charge in [0.2, 0.25) is 0 Å². The van der Waals surface area contributed by atoms with Crippen LogP contribution in [0.4, 0.5) is 0 Å². The maximum atomic E-state index is 9.91. The fraction of sp³-hybridized carbons (Fsp3) is 0.800. The molecule has 0 aliphatic carbocycles. The Kier molecular flexibility index (Phi) is 15.1. The van der Waals surface area contributed by atoms with Gasteiger partial charge in [-0.05, 0) is 0 Å². The first-order valence-electron chi connectivity index (χ1n) is 6.47. The maximum Gasteiger partial charge on any atom is 3.00 e. The van der Waals surface area contributed by atoms with Gasteiger partial charge in [0.05, 0.1) is 0 Å². The average molecular weight is 442 g/mol. The Morgan fingerprint density at radius 3 is 0.545 bits per heavy atom. The van der Waals surface area contributed by atoms with E-state index >= 15 is 0 Å². The van der Waals surface area contributed by atoms with Crippen LogP contribution < -0.4 is 15.3 Å². The van der Waals surface area contributed by atoms with Crippen LogP contribution >= 0.6 is 0 Å². The normalized spacial score (nSPS) is 10.8. The zero-order chi connectivity index (χ0) is 18.2. The van der Waals surface area contributed by atoms with Crippen LogP contribution in [0.1, 0.15) is 62.3 Å². The minimum atomic E-state index is -1.01. The minimum Gasteiger partial charge on any atom is -0.550 e. The summed E-state index contributed by atoms with van der Waals surface area (Å²) in [6.07, 6.45) is 0. The Balaban J connectivity index is -0.000000108. The Labute approximate surface area is 161 Å². The van der Waals surface area contributed by atoms with E-state index in [1.807, 2.05) is 0 Å². The van der Waals surface area contributed by atoms with Gasteiger partial charge < -0.3 is 29.7 Å². The van der Waals surface area contributed by atoms with Crippen molar-refractivity contribution in [3.05, 3.63) is 0 Å². The van der Waals surface area contributed by atoms with Crippen LogP contribution in [0.5, 0.6) is 0 Å². The molecule has 0 bridgehead atoms. The van der Waals surface area contributed by atoms with Crippen molar-refractivity contribution in [3.8, 4) is 0 Å². The third kappa shape index (κ3) is 21.9. The standard InChI is InChI=1S/3C5H10O2.La/c3*1-5(2,3)4(6)7;/h3*1-3H3,(H,6,7);/q;;;+3/p-3. The molecule has 7 heteroatoms. The predicted octanol–water partition coefficient (Wildman–Crippen LogP) is -0.653. The number of hydrogen-bond donors (Lipinski definition) is 0. The maximum absolute atomic E-state index is 9.91. The zero-order valence-corrected chi connectivity index (χ0v) is 18.7. The fourth-order valence-corrected chi connectivity index (χ4v) is 0. The molecule has 0 unspecified atom stereocenters. The summed E-state index contributed by atoms with van der Waals surface area (Å²) >= 11 is 0. The molecule has 0 aromatic rings. The summed E-state index contributed by atoms with van der Waals surface area (Å²) in [5.41, 5.74) is -2.08. The van der Waals surface area contributed by atoms with Crippen LogP contribution in [0.25, 0.3) is 0 Å². The summed E-state index contributed by atoms with van der Waals surface area (Å²) in [6.45, 7) is 14.4. The summed E-state index contributed by atoms with van der Waals surface area (Å²) < 4.78 is 0. The molecule has 0 N–H and O–H groups in total. The first kappa shape index (κ1) is 29.6. The van der Waals surface area contributed by atoms with E-state index in [4.69, 9.17) is 0 Å². The van der Waals surface area contributed by atoms with Crippen LogP contribution in [0.3, 0.4) is 0 Å². The van der Waals surface area contributed by atoms with Crippen molar-refractivity contribution in [1.29, 1.82) is 0 Å². The quantitative estimate of drug-likeness (QED) is 0.492. The van der Waals surface area contributed by atoms with Crippen molar-refractivity contribution in [2.24, 2.45) is 16.2 Å². The molecular formula is C15H27LaO6. The number of carbonyl (C=O) groups excluding carboxylic acids is 3. The molecule has 0 fully saturated rings. The van der Waals surface area contributed by atoms with Crippen molar-refractivity contribution in [3.63, 3.8) is 0 Å². The van der Waals surface area contributed by atoms with Crippen LogP contribution in [0.2, 0.25) is 0 Å². The third-order valence-corrected chi connectivity index (χ3v) is 1.84. The number of hydrogen-bond acceptors (Lipinski definition) is 6. The zero-order valence-electron chi connectivity index (χ0n) is 15.0. The van der Waals surface area contributed by atoms with Crippen LogP contribution in [-0.4, -0.2) is 17.9 Å². The molecule has 0 aliphatic heterocycles. The van der Waals surface area contributed by atoms with Gasteiger partial charge in [0.15, 0.2) is 0 Å². The summed E-state index contributed by atoms with van der Waals surface area (Å²) in [5.74, 6) is -3.02. The summed E-state index contributed by atoms with van der Waals surface area (Å²) in [4.78, 5) is 29.7. The van der Waals surface area contributed by atoms with E-state index in [-0.39, 0.29) is 35.6 Å². The van der Waals surface area contributed by atoms with Gasteiger partial charge in [0.1, 0.15) is 0 Å². The largest absolute Gasteiger partial charge is 3.00 e. The summed E-state index contributed by atoms with van der Waals surface area (Å²) in [5, 5.41) is 29.7. The second kappa shape index (κ2) is 11.2. The van der Waals surface area contributed by atoms with Crippen LogP contribution in [-0.2, 0) is 14.4 Å². The molecule has 22 heavy (non-hydrogen) atoms. The van der Waals surface area contributed by atoms with Crippen molar-refractivity contribution < 1.29 is 65.3 Å². The molecule has 0 aromatic carbocycles. The Morgan fingerprint density at radius 2 is 0.545 bits per heavy atom. The Morgan fingerprint density at radius 1 is 0.500 bits per heavy atom. The SMILES string of the molecule is CC(C)(C)C(=O)[O-].CC(C)(C)C(=O)[O-].CC(C)(C)C(=O)[O-].[La+3]. The first-order chi connectivity index (χ1) is 8.83. The Hall–Kier alpha value is -0.395. The molecule has 0 atom stereocenters. The second-order valence-electron chi connectivity index (χ2n) is 7.61. The monoisotopic (exact) mass is 442 g/mol. The smallest absolute Gasteiger partial charge is 0.550 e. The molecule has 0 spiro atoms. The summed E-state index contributed by atoms with van der Waals surface area (Å²) in [6, 6.07) is 0. The van der Waals surface area contributed by atoms with Gasteiger partial charge in [-0.25, -0.2) is 0 Å². The van der Waals surface area contributed by atoms with Crippen molar-refractivity contribution in [2.75, 3.05) is 0 Å². The average Bonchev–Trinajstić information content (AvgIpc) is 2.14. The van der Waals surface area contributed by atoms with Gasteiger partial charge in [0.25, 0.3) is 0 Å². The van der Waals surface area contributed by atoms with E-state index in [0.717, 1.165) is 0 Å². The number of carbonyl (C=O) groups is 3. The molecule has 0 radical (unpaired) electrons. The van der Waals surface area contributed by atoms with Crippen LogP contribution in [0, 0.1) is 51.8 Å². The van der Waals surface area contributed by atoms with Gasteiger partial charge in [-0.1, -0.05) is 62.3 Å². The molecule has 0 heterocycles. The predicted molar refractivity (Wildman–Crippen MR) is 73.4 cm³/mol. The molecule has 0 amide bonds. The number of aliphatic carboxylic acids is 3. The van der Waals surface area contributed by atoms with E-state index in [1.165, 1.54) is 0 Å². The topological polar surface area (TPSA) is 120 Å². The van der Waals surface area contributed by atoms with Gasteiger partial charge >= 0.3 is 35.6 Å². The molecule has 126 valence electrons. The molecule has 6 nitrogen and oxygen atoms in total. The van der Waals surface area contributed by atoms with Gasteiger partial charge in [-0.3, -0.25) is 0 Å². The van der Waals surface area contributed by atoms with Crippen molar-refractivity contribution in [1.82, 2.24) is 0 Å². The van der Waals surface area contributed by atoms with Crippen LogP contribution in [0.15, 0.2) is 0 Å². The van der Waals surface area contributed by atoms with E-state index in [2.05, 4.69) is 0 Å². The molecule has 0 aromatic heterocycles. The van der Waals surface area contributed by atoms with Crippen molar-refractivity contribution in [2.45, 2.75) is 62.3 Å². The van der Waals surface area contributed by atoms with Gasteiger partial charge in [-0.15, -0.1) is 0 Å².